The van der Waals surface area contributed by atoms with E-state index in [1.807, 2.05) is 17.9 Å². The molecular weight excluding hydrogens is 352 g/mol. The van der Waals surface area contributed by atoms with Crippen LogP contribution in [0.5, 0.6) is 0 Å². The van der Waals surface area contributed by atoms with E-state index in [4.69, 9.17) is 9.73 Å². The second kappa shape index (κ2) is 10.8. The maximum atomic E-state index is 5.60. The van der Waals surface area contributed by atoms with E-state index >= 15 is 0 Å². The normalized spacial score (nSPS) is 20.9. The Hall–Kier alpha value is -1.60. The number of aliphatic imine (C=N–C) groups is 1. The molecule has 28 heavy (non-hydrogen) atoms. The average molecular weight is 391 g/mol. The number of nitrogens with zero attached hydrogens (tertiary/aromatic N) is 4. The highest BCUT2D eigenvalue weighted by Gasteiger charge is 2.38. The van der Waals surface area contributed by atoms with E-state index in [0.717, 1.165) is 64.7 Å². The Labute approximate surface area is 169 Å². The summed E-state index contributed by atoms with van der Waals surface area (Å²) in [5, 5.41) is 11.2. The number of rotatable bonds is 8. The molecule has 2 heterocycles. The molecule has 1 saturated carbocycles. The van der Waals surface area contributed by atoms with Gasteiger partial charge in [-0.05, 0) is 38.2 Å². The summed E-state index contributed by atoms with van der Waals surface area (Å²) in [4.78, 5) is 7.69. The molecule has 3 rings (SSSR count). The molecule has 0 bridgehead atoms. The maximum Gasteiger partial charge on any atom is 0.191 e. The lowest BCUT2D eigenvalue weighted by Crippen LogP contribution is -2.56. The third-order valence-electron chi connectivity index (χ3n) is 6.03. The summed E-state index contributed by atoms with van der Waals surface area (Å²) in [6.45, 7) is 8.63. The second-order valence-electron chi connectivity index (χ2n) is 8.13. The van der Waals surface area contributed by atoms with Crippen molar-refractivity contribution >= 4 is 5.96 Å². The lowest BCUT2D eigenvalue weighted by atomic mass is 9.80. The Morgan fingerprint density at radius 3 is 2.68 bits per heavy atom. The van der Waals surface area contributed by atoms with Crippen LogP contribution in [-0.4, -0.2) is 72.1 Å². The van der Waals surface area contributed by atoms with Crippen molar-refractivity contribution in [3.8, 4) is 0 Å². The fraction of sp³-hybridized carbons (Fsp3) is 0.810. The van der Waals surface area contributed by atoms with E-state index in [1.165, 1.54) is 37.7 Å². The van der Waals surface area contributed by atoms with Gasteiger partial charge in [-0.3, -0.25) is 14.6 Å². The highest BCUT2D eigenvalue weighted by Crippen LogP contribution is 2.34. The highest BCUT2D eigenvalue weighted by molar-refractivity contribution is 5.79. The molecule has 0 radical (unpaired) electrons. The number of hydrogen-bond donors (Lipinski definition) is 2. The van der Waals surface area contributed by atoms with Crippen LogP contribution in [0.2, 0.25) is 0 Å². The van der Waals surface area contributed by atoms with Crippen LogP contribution in [0.25, 0.3) is 0 Å². The molecule has 1 aromatic rings. The van der Waals surface area contributed by atoms with Crippen LogP contribution in [0, 0.1) is 0 Å². The van der Waals surface area contributed by atoms with E-state index in [1.54, 1.807) is 0 Å². The van der Waals surface area contributed by atoms with Crippen LogP contribution in [0.4, 0.5) is 0 Å². The molecule has 1 aliphatic carbocycles. The third-order valence-corrected chi connectivity index (χ3v) is 6.03. The molecule has 0 atom stereocenters. The van der Waals surface area contributed by atoms with Crippen molar-refractivity contribution in [1.82, 2.24) is 25.3 Å². The summed E-state index contributed by atoms with van der Waals surface area (Å²) in [5.74, 6) is 0.951. The molecule has 1 aliphatic heterocycles. The number of aryl methyl sites for hydroxylation is 2. The number of hydrogen-bond acceptors (Lipinski definition) is 4. The number of nitrogens with one attached hydrogen (secondary N) is 2. The summed E-state index contributed by atoms with van der Waals surface area (Å²) in [6, 6.07) is 0. The molecule has 7 heteroatoms. The van der Waals surface area contributed by atoms with Crippen LogP contribution in [-0.2, 0) is 18.2 Å². The van der Waals surface area contributed by atoms with E-state index in [2.05, 4.69) is 33.8 Å². The predicted molar refractivity (Wildman–Crippen MR) is 114 cm³/mol. The van der Waals surface area contributed by atoms with Gasteiger partial charge in [-0.2, -0.15) is 5.10 Å². The standard InChI is InChI=1S/C21H38N6O/c1-3-22-20(23-11-7-8-19-16-25-26(2)17-19)24-18-21(9-5-4-6-10-21)27-12-14-28-15-13-27/h16-17H,3-15,18H2,1-2H3,(H2,22,23,24). The zero-order valence-corrected chi connectivity index (χ0v) is 17.8. The van der Waals surface area contributed by atoms with Crippen LogP contribution in [0.15, 0.2) is 17.4 Å². The molecule has 1 saturated heterocycles. The molecular formula is C21H38N6O. The van der Waals surface area contributed by atoms with Crippen molar-refractivity contribution in [2.75, 3.05) is 45.9 Å². The van der Waals surface area contributed by atoms with Gasteiger partial charge in [0.15, 0.2) is 5.96 Å². The Morgan fingerprint density at radius 1 is 1.21 bits per heavy atom. The third kappa shape index (κ3) is 5.95. The van der Waals surface area contributed by atoms with E-state index in [0.29, 0.717) is 0 Å². The van der Waals surface area contributed by atoms with Crippen molar-refractivity contribution in [2.24, 2.45) is 12.0 Å². The summed E-state index contributed by atoms with van der Waals surface area (Å²) in [7, 11) is 1.97. The van der Waals surface area contributed by atoms with Crippen molar-refractivity contribution in [3.63, 3.8) is 0 Å². The van der Waals surface area contributed by atoms with Gasteiger partial charge >= 0.3 is 0 Å². The molecule has 2 N–H and O–H groups in total. The van der Waals surface area contributed by atoms with E-state index < -0.39 is 0 Å². The minimum atomic E-state index is 0.222. The van der Waals surface area contributed by atoms with E-state index in [-0.39, 0.29) is 5.54 Å². The Morgan fingerprint density at radius 2 is 2.00 bits per heavy atom. The quantitative estimate of drug-likeness (QED) is 0.403. The zero-order chi connectivity index (χ0) is 19.7. The van der Waals surface area contributed by atoms with Gasteiger partial charge in [0.2, 0.25) is 0 Å². The first-order chi connectivity index (χ1) is 13.7. The van der Waals surface area contributed by atoms with Crippen LogP contribution in [0.3, 0.4) is 0 Å². The van der Waals surface area contributed by atoms with Crippen LogP contribution in [0.1, 0.15) is 51.0 Å². The van der Waals surface area contributed by atoms with Gasteiger partial charge in [-0.25, -0.2) is 0 Å². The Kier molecular flexibility index (Phi) is 8.15. The van der Waals surface area contributed by atoms with Crippen molar-refractivity contribution in [3.05, 3.63) is 18.0 Å². The summed E-state index contributed by atoms with van der Waals surface area (Å²) in [6.07, 6.45) is 12.7. The lowest BCUT2D eigenvalue weighted by Gasteiger charge is -2.47. The lowest BCUT2D eigenvalue weighted by molar-refractivity contribution is -0.0333. The number of aromatic nitrogens is 2. The minimum absolute atomic E-state index is 0.222. The molecule has 2 fully saturated rings. The summed E-state index contributed by atoms with van der Waals surface area (Å²) < 4.78 is 7.46. The fourth-order valence-corrected chi connectivity index (χ4v) is 4.49. The predicted octanol–water partition coefficient (Wildman–Crippen LogP) is 1.94. The number of guanidine groups is 1. The van der Waals surface area contributed by atoms with Crippen molar-refractivity contribution in [2.45, 2.75) is 57.4 Å². The first kappa shape index (κ1) is 21.1. The maximum absolute atomic E-state index is 5.60. The molecule has 0 amide bonds. The Bertz CT molecular complexity index is 602. The molecule has 0 aromatic carbocycles. The molecule has 0 unspecified atom stereocenters. The first-order valence-electron chi connectivity index (χ1n) is 11.0. The van der Waals surface area contributed by atoms with Crippen LogP contribution >= 0.6 is 0 Å². The van der Waals surface area contributed by atoms with Gasteiger partial charge in [-0.1, -0.05) is 19.3 Å². The van der Waals surface area contributed by atoms with Gasteiger partial charge < -0.3 is 15.4 Å². The Balaban J connectivity index is 1.54. The molecule has 2 aliphatic rings. The summed E-state index contributed by atoms with van der Waals surface area (Å²) in [5.41, 5.74) is 1.51. The molecule has 0 spiro atoms. The first-order valence-corrected chi connectivity index (χ1v) is 11.0. The summed E-state index contributed by atoms with van der Waals surface area (Å²) >= 11 is 0. The van der Waals surface area contributed by atoms with Crippen molar-refractivity contribution in [1.29, 1.82) is 0 Å². The molecule has 7 nitrogen and oxygen atoms in total. The average Bonchev–Trinajstić information content (AvgIpc) is 3.15. The topological polar surface area (TPSA) is 66.7 Å². The van der Waals surface area contributed by atoms with Gasteiger partial charge in [0.1, 0.15) is 0 Å². The van der Waals surface area contributed by atoms with Gasteiger partial charge in [-0.15, -0.1) is 0 Å². The minimum Gasteiger partial charge on any atom is -0.379 e. The molecule has 158 valence electrons. The zero-order valence-electron chi connectivity index (χ0n) is 17.8. The van der Waals surface area contributed by atoms with E-state index in [9.17, 15) is 0 Å². The smallest absolute Gasteiger partial charge is 0.191 e. The van der Waals surface area contributed by atoms with Crippen LogP contribution < -0.4 is 10.6 Å². The monoisotopic (exact) mass is 390 g/mol. The van der Waals surface area contributed by atoms with Gasteiger partial charge in [0.25, 0.3) is 0 Å². The van der Waals surface area contributed by atoms with Crippen molar-refractivity contribution < 1.29 is 4.74 Å². The fourth-order valence-electron chi connectivity index (χ4n) is 4.49. The van der Waals surface area contributed by atoms with Gasteiger partial charge in [0, 0.05) is 45.0 Å². The number of morpholine rings is 1. The number of ether oxygens (including phenoxy) is 1. The second-order valence-corrected chi connectivity index (χ2v) is 8.13. The highest BCUT2D eigenvalue weighted by atomic mass is 16.5. The molecule has 1 aromatic heterocycles. The largest absolute Gasteiger partial charge is 0.379 e. The van der Waals surface area contributed by atoms with Gasteiger partial charge in [0.05, 0.1) is 26.0 Å². The SMILES string of the molecule is CCNC(=NCC1(N2CCOCC2)CCCCC1)NCCCc1cnn(C)c1.